The number of rotatable bonds is 1. The summed E-state index contributed by atoms with van der Waals surface area (Å²) in [6.07, 6.45) is 0.584. The van der Waals surface area contributed by atoms with Gasteiger partial charge in [-0.1, -0.05) is 0 Å². The number of amides is 3. The molecule has 8 nitrogen and oxygen atoms in total. The lowest BCUT2D eigenvalue weighted by Gasteiger charge is -2.45. The van der Waals surface area contributed by atoms with E-state index in [1.54, 1.807) is 12.1 Å². The van der Waals surface area contributed by atoms with Gasteiger partial charge in [-0.3, -0.25) is 19.7 Å². The highest BCUT2D eigenvalue weighted by Gasteiger charge is 2.47. The summed E-state index contributed by atoms with van der Waals surface area (Å²) in [6.45, 7) is 2.19. The molecule has 2 saturated heterocycles. The molecule has 0 aromatic heterocycles. The number of carbonyl (C=O) groups is 3. The number of imide groups is 1. The van der Waals surface area contributed by atoms with E-state index in [0.29, 0.717) is 43.2 Å². The molecular weight excluding hydrogens is 326 g/mol. The van der Waals surface area contributed by atoms with Gasteiger partial charge in [-0.05, 0) is 18.6 Å². The summed E-state index contributed by atoms with van der Waals surface area (Å²) in [5, 5.41) is 5.49. The van der Waals surface area contributed by atoms with E-state index >= 15 is 0 Å². The lowest BCUT2D eigenvalue weighted by molar-refractivity contribution is -0.136. The second-order valence-corrected chi connectivity index (χ2v) is 7.00. The van der Waals surface area contributed by atoms with Crippen molar-refractivity contribution in [2.24, 2.45) is 0 Å². The van der Waals surface area contributed by atoms with Crippen molar-refractivity contribution in [1.29, 1.82) is 0 Å². The zero-order valence-electron chi connectivity index (χ0n) is 13.5. The maximum absolute atomic E-state index is 12.8. The van der Waals surface area contributed by atoms with Crippen LogP contribution in [0.1, 0.15) is 28.8 Å². The molecule has 0 aliphatic carbocycles. The van der Waals surface area contributed by atoms with Gasteiger partial charge in [0.05, 0.1) is 6.54 Å². The summed E-state index contributed by atoms with van der Waals surface area (Å²) in [7, 11) is 0. The minimum Gasteiger partial charge on any atom is -0.485 e. The van der Waals surface area contributed by atoms with Gasteiger partial charge in [0.25, 0.3) is 5.91 Å². The van der Waals surface area contributed by atoms with E-state index in [-0.39, 0.29) is 30.4 Å². The zero-order valence-corrected chi connectivity index (χ0v) is 13.5. The summed E-state index contributed by atoms with van der Waals surface area (Å²) < 4.78 is 12.0. The molecule has 0 unspecified atom stereocenters. The Labute approximate surface area is 143 Å². The molecule has 0 bridgehead atoms. The van der Waals surface area contributed by atoms with E-state index in [1.165, 1.54) is 4.90 Å². The second-order valence-electron chi connectivity index (χ2n) is 7.00. The molecule has 3 amide bonds. The molecule has 8 heteroatoms. The Morgan fingerprint density at radius 2 is 2.04 bits per heavy atom. The Morgan fingerprint density at radius 3 is 2.76 bits per heavy atom. The molecular formula is C17H17N3O5. The van der Waals surface area contributed by atoms with Crippen LogP contribution in [0, 0.1) is 0 Å². The Kier molecular flexibility index (Phi) is 2.91. The maximum Gasteiger partial charge on any atom is 0.255 e. The van der Waals surface area contributed by atoms with Gasteiger partial charge in [-0.2, -0.15) is 0 Å². The predicted octanol–water partition coefficient (Wildman–Crippen LogP) is -0.439. The molecule has 1 spiro atoms. The molecule has 4 aliphatic heterocycles. The van der Waals surface area contributed by atoms with E-state index in [4.69, 9.17) is 9.47 Å². The monoisotopic (exact) mass is 343 g/mol. The Balaban J connectivity index is 1.48. The molecule has 2 N–H and O–H groups in total. The van der Waals surface area contributed by atoms with Crippen molar-refractivity contribution in [2.45, 2.75) is 31.0 Å². The summed E-state index contributed by atoms with van der Waals surface area (Å²) in [5.74, 6) is 0.326. The molecule has 4 aliphatic rings. The highest BCUT2D eigenvalue weighted by atomic mass is 16.6. The third kappa shape index (κ3) is 2.07. The van der Waals surface area contributed by atoms with Crippen molar-refractivity contribution < 1.29 is 23.9 Å². The number of benzene rings is 1. The highest BCUT2D eigenvalue weighted by molar-refractivity contribution is 6.05. The molecule has 4 heterocycles. The van der Waals surface area contributed by atoms with Gasteiger partial charge in [0.15, 0.2) is 17.1 Å². The van der Waals surface area contributed by atoms with E-state index in [9.17, 15) is 14.4 Å². The van der Waals surface area contributed by atoms with Crippen LogP contribution in [-0.4, -0.2) is 54.0 Å². The van der Waals surface area contributed by atoms with Crippen molar-refractivity contribution >= 4 is 17.7 Å². The van der Waals surface area contributed by atoms with Crippen LogP contribution in [0.3, 0.4) is 0 Å². The first-order valence-corrected chi connectivity index (χ1v) is 8.39. The van der Waals surface area contributed by atoms with Gasteiger partial charge >= 0.3 is 0 Å². The first-order valence-electron chi connectivity index (χ1n) is 8.39. The first-order chi connectivity index (χ1) is 12.1. The fourth-order valence-electron chi connectivity index (χ4n) is 3.85. The van der Waals surface area contributed by atoms with Crippen molar-refractivity contribution in [1.82, 2.24) is 15.5 Å². The van der Waals surface area contributed by atoms with Crippen LogP contribution in [0.25, 0.3) is 0 Å². The summed E-state index contributed by atoms with van der Waals surface area (Å²) >= 11 is 0. The SMILES string of the molecule is O=C1CC[C@H](N2Cc3c(ccc4c3OC3(CNC3)CO4)C2=O)C(=O)N1. The van der Waals surface area contributed by atoms with E-state index in [2.05, 4.69) is 10.6 Å². The third-order valence-electron chi connectivity index (χ3n) is 5.33. The number of nitrogens with zero attached hydrogens (tertiary/aromatic N) is 1. The van der Waals surface area contributed by atoms with Crippen LogP contribution in [0.2, 0.25) is 0 Å². The number of hydrogen-bond acceptors (Lipinski definition) is 6. The van der Waals surface area contributed by atoms with Crippen LogP contribution >= 0.6 is 0 Å². The molecule has 1 aromatic carbocycles. The summed E-state index contributed by atoms with van der Waals surface area (Å²) in [4.78, 5) is 37.8. The molecule has 0 radical (unpaired) electrons. The molecule has 1 aromatic rings. The second kappa shape index (κ2) is 4.95. The number of ether oxygens (including phenoxy) is 2. The van der Waals surface area contributed by atoms with Gasteiger partial charge in [-0.15, -0.1) is 0 Å². The van der Waals surface area contributed by atoms with Gasteiger partial charge in [0.2, 0.25) is 11.8 Å². The number of nitrogens with one attached hydrogen (secondary N) is 2. The van der Waals surface area contributed by atoms with E-state index in [1.807, 2.05) is 0 Å². The van der Waals surface area contributed by atoms with Crippen LogP contribution in [0.15, 0.2) is 12.1 Å². The van der Waals surface area contributed by atoms with E-state index in [0.717, 1.165) is 5.56 Å². The molecule has 1 atom stereocenters. The van der Waals surface area contributed by atoms with Crippen LogP contribution < -0.4 is 20.1 Å². The van der Waals surface area contributed by atoms with Crippen molar-refractivity contribution in [2.75, 3.05) is 19.7 Å². The predicted molar refractivity (Wildman–Crippen MR) is 84.2 cm³/mol. The fourth-order valence-corrected chi connectivity index (χ4v) is 3.85. The molecule has 0 saturated carbocycles. The molecule has 5 rings (SSSR count). The highest BCUT2D eigenvalue weighted by Crippen LogP contribution is 2.44. The zero-order chi connectivity index (χ0) is 17.2. The minimum atomic E-state index is -0.628. The molecule has 130 valence electrons. The maximum atomic E-state index is 12.8. The van der Waals surface area contributed by atoms with Crippen molar-refractivity contribution in [3.63, 3.8) is 0 Å². The topological polar surface area (TPSA) is 97.0 Å². The van der Waals surface area contributed by atoms with Gasteiger partial charge in [0, 0.05) is 30.6 Å². The normalized spacial score (nSPS) is 26.3. The third-order valence-corrected chi connectivity index (χ3v) is 5.33. The number of carbonyl (C=O) groups excluding carboxylic acids is 3. The molecule has 2 fully saturated rings. The number of fused-ring (bicyclic) bond motifs is 3. The lowest BCUT2D eigenvalue weighted by atomic mass is 9.96. The quantitative estimate of drug-likeness (QED) is 0.671. The van der Waals surface area contributed by atoms with Crippen LogP contribution in [0.4, 0.5) is 0 Å². The van der Waals surface area contributed by atoms with Gasteiger partial charge < -0.3 is 19.7 Å². The lowest BCUT2D eigenvalue weighted by Crippen LogP contribution is -2.67. The summed E-state index contributed by atoms with van der Waals surface area (Å²) in [6, 6.07) is 2.85. The van der Waals surface area contributed by atoms with Crippen LogP contribution in [0.5, 0.6) is 11.5 Å². The summed E-state index contributed by atoms with van der Waals surface area (Å²) in [5.41, 5.74) is 0.933. The molecule has 25 heavy (non-hydrogen) atoms. The largest absolute Gasteiger partial charge is 0.485 e. The van der Waals surface area contributed by atoms with Gasteiger partial charge in [-0.25, -0.2) is 0 Å². The fraction of sp³-hybridized carbons (Fsp3) is 0.471. The number of piperidine rings is 1. The standard InChI is InChI=1S/C17H17N3O5/c21-13-4-2-11(15(22)19-13)20-5-10-9(16(20)23)1-3-12-14(10)25-17(8-24-12)6-18-7-17/h1,3,11,18H,2,4-8H2,(H,19,21,22)/t11-/m0/s1. The first kappa shape index (κ1) is 14.7. The van der Waals surface area contributed by atoms with Gasteiger partial charge in [0.1, 0.15) is 12.6 Å². The minimum absolute atomic E-state index is 0.206. The van der Waals surface area contributed by atoms with Crippen LogP contribution in [-0.2, 0) is 16.1 Å². The smallest absolute Gasteiger partial charge is 0.255 e. The Bertz CT molecular complexity index is 817. The van der Waals surface area contributed by atoms with Crippen molar-refractivity contribution in [3.8, 4) is 11.5 Å². The average Bonchev–Trinajstić information content (AvgIpc) is 2.90. The van der Waals surface area contributed by atoms with Crippen molar-refractivity contribution in [3.05, 3.63) is 23.3 Å². The Hall–Kier alpha value is -2.61. The number of hydrogen-bond donors (Lipinski definition) is 2. The Morgan fingerprint density at radius 1 is 1.20 bits per heavy atom. The average molecular weight is 343 g/mol. The van der Waals surface area contributed by atoms with E-state index < -0.39 is 11.9 Å².